The number of halogens is 2. The third-order valence-corrected chi connectivity index (χ3v) is 2.55. The molecular formula is C8H10Cl2N4O. The van der Waals surface area contributed by atoms with E-state index >= 15 is 0 Å². The Morgan fingerprint density at radius 2 is 1.93 bits per heavy atom. The van der Waals surface area contributed by atoms with Crippen LogP contribution in [0.25, 0.3) is 0 Å². The highest BCUT2D eigenvalue weighted by atomic mass is 35.5. The van der Waals surface area contributed by atoms with E-state index in [9.17, 15) is 0 Å². The number of hydrogen-bond donors (Lipinski definition) is 1. The molecule has 0 spiro atoms. The van der Waals surface area contributed by atoms with Crippen molar-refractivity contribution >= 4 is 29.2 Å². The summed E-state index contributed by atoms with van der Waals surface area (Å²) < 4.78 is 5.29. The van der Waals surface area contributed by atoms with Gasteiger partial charge in [-0.25, -0.2) is 0 Å². The molecule has 1 unspecified atom stereocenters. The van der Waals surface area contributed by atoms with E-state index in [1.54, 1.807) is 0 Å². The van der Waals surface area contributed by atoms with Gasteiger partial charge in [0.2, 0.25) is 16.5 Å². The second-order valence-electron chi connectivity index (χ2n) is 3.69. The molecule has 1 aromatic heterocycles. The van der Waals surface area contributed by atoms with Crippen LogP contribution < -0.4 is 5.32 Å². The highest BCUT2D eigenvalue weighted by molar-refractivity contribution is 6.31. The molecule has 7 heteroatoms. The lowest BCUT2D eigenvalue weighted by atomic mass is 10.0. The van der Waals surface area contributed by atoms with E-state index in [0.29, 0.717) is 12.6 Å². The number of anilines is 1. The van der Waals surface area contributed by atoms with Gasteiger partial charge in [0.25, 0.3) is 0 Å². The molecule has 0 radical (unpaired) electrons. The van der Waals surface area contributed by atoms with Crippen LogP contribution in [0.15, 0.2) is 0 Å². The van der Waals surface area contributed by atoms with Crippen molar-refractivity contribution in [2.24, 2.45) is 0 Å². The van der Waals surface area contributed by atoms with Crippen molar-refractivity contribution in [3.05, 3.63) is 10.6 Å². The lowest BCUT2D eigenvalue weighted by Gasteiger charge is -2.23. The molecule has 0 aromatic carbocycles. The molecule has 0 bridgehead atoms. The first-order valence-electron chi connectivity index (χ1n) is 4.50. The lowest BCUT2D eigenvalue weighted by molar-refractivity contribution is 0.185. The first kappa shape index (κ1) is 10.9. The van der Waals surface area contributed by atoms with Gasteiger partial charge in [-0.15, -0.1) is 0 Å². The average molecular weight is 249 g/mol. The number of hydrogen-bond acceptors (Lipinski definition) is 5. The van der Waals surface area contributed by atoms with Crippen molar-refractivity contribution < 1.29 is 4.74 Å². The first-order chi connectivity index (χ1) is 7.07. The van der Waals surface area contributed by atoms with Crippen LogP contribution in [0.5, 0.6) is 0 Å². The van der Waals surface area contributed by atoms with E-state index in [2.05, 4.69) is 20.3 Å². The van der Waals surface area contributed by atoms with Gasteiger partial charge in [0.05, 0.1) is 12.1 Å². The van der Waals surface area contributed by atoms with Gasteiger partial charge < -0.3 is 10.1 Å². The van der Waals surface area contributed by atoms with Gasteiger partial charge in [0, 0.05) is 6.61 Å². The molecule has 2 rings (SSSR count). The van der Waals surface area contributed by atoms with E-state index in [4.69, 9.17) is 27.9 Å². The molecule has 82 valence electrons. The summed E-state index contributed by atoms with van der Waals surface area (Å²) in [6.07, 6.45) is 0.897. The molecule has 1 N–H and O–H groups in total. The molecule has 1 saturated heterocycles. The Kier molecular flexibility index (Phi) is 2.95. The van der Waals surface area contributed by atoms with Crippen molar-refractivity contribution in [1.82, 2.24) is 15.0 Å². The van der Waals surface area contributed by atoms with Gasteiger partial charge in [-0.05, 0) is 36.5 Å². The second kappa shape index (κ2) is 4.08. The summed E-state index contributed by atoms with van der Waals surface area (Å²) in [6.45, 7) is 3.38. The molecule has 1 aromatic rings. The lowest BCUT2D eigenvalue weighted by Crippen LogP contribution is -2.35. The van der Waals surface area contributed by atoms with Gasteiger partial charge >= 0.3 is 0 Å². The maximum atomic E-state index is 5.66. The molecule has 1 aliphatic rings. The van der Waals surface area contributed by atoms with Crippen LogP contribution in [0.2, 0.25) is 10.6 Å². The third-order valence-electron chi connectivity index (χ3n) is 2.21. The van der Waals surface area contributed by atoms with Crippen LogP contribution in [0.4, 0.5) is 5.95 Å². The largest absolute Gasteiger partial charge is 0.379 e. The Bertz CT molecular complexity index is 347. The Labute approximate surface area is 97.2 Å². The summed E-state index contributed by atoms with van der Waals surface area (Å²) in [4.78, 5) is 11.5. The smallest absolute Gasteiger partial charge is 0.228 e. The van der Waals surface area contributed by atoms with Crippen molar-refractivity contribution in [2.45, 2.75) is 18.9 Å². The molecule has 1 atom stereocenters. The average Bonchev–Trinajstić information content (AvgIpc) is 2.49. The number of aromatic nitrogens is 3. The van der Waals surface area contributed by atoms with Gasteiger partial charge in [-0.3, -0.25) is 0 Å². The zero-order valence-electron chi connectivity index (χ0n) is 8.13. The molecule has 0 amide bonds. The molecule has 5 nitrogen and oxygen atoms in total. The Morgan fingerprint density at radius 1 is 1.27 bits per heavy atom. The van der Waals surface area contributed by atoms with Gasteiger partial charge in [-0.2, -0.15) is 15.0 Å². The maximum Gasteiger partial charge on any atom is 0.228 e. The molecule has 1 aliphatic heterocycles. The maximum absolute atomic E-state index is 5.66. The van der Waals surface area contributed by atoms with Crippen LogP contribution in [0.3, 0.4) is 0 Å². The number of ether oxygens (including phenoxy) is 1. The minimum Gasteiger partial charge on any atom is -0.379 e. The van der Waals surface area contributed by atoms with E-state index in [0.717, 1.165) is 13.0 Å². The topological polar surface area (TPSA) is 59.9 Å². The van der Waals surface area contributed by atoms with Gasteiger partial charge in [0.1, 0.15) is 0 Å². The Hall–Kier alpha value is -0.650. The number of rotatable bonds is 2. The fourth-order valence-corrected chi connectivity index (χ4v) is 1.78. The summed E-state index contributed by atoms with van der Waals surface area (Å²) in [5, 5.41) is 3.31. The second-order valence-corrected chi connectivity index (χ2v) is 4.36. The predicted molar refractivity (Wildman–Crippen MR) is 57.3 cm³/mol. The van der Waals surface area contributed by atoms with Crippen molar-refractivity contribution in [3.8, 4) is 0 Å². The van der Waals surface area contributed by atoms with Crippen LogP contribution in [0, 0.1) is 0 Å². The fourth-order valence-electron chi connectivity index (χ4n) is 1.42. The van der Waals surface area contributed by atoms with Gasteiger partial charge in [0.15, 0.2) is 0 Å². The van der Waals surface area contributed by atoms with Crippen LogP contribution in [0.1, 0.15) is 13.3 Å². The monoisotopic (exact) mass is 248 g/mol. The molecule has 15 heavy (non-hydrogen) atoms. The van der Waals surface area contributed by atoms with Crippen molar-refractivity contribution in [2.75, 3.05) is 18.5 Å². The van der Waals surface area contributed by atoms with Crippen LogP contribution >= 0.6 is 23.2 Å². The quantitative estimate of drug-likeness (QED) is 0.865. The summed E-state index contributed by atoms with van der Waals surface area (Å²) in [5.41, 5.74) is -0.159. The van der Waals surface area contributed by atoms with Crippen LogP contribution in [-0.2, 0) is 4.74 Å². The molecule has 0 aliphatic carbocycles. The van der Waals surface area contributed by atoms with E-state index in [-0.39, 0.29) is 16.1 Å². The third kappa shape index (κ3) is 2.68. The molecule has 1 fully saturated rings. The highest BCUT2D eigenvalue weighted by Gasteiger charge is 2.30. The Balaban J connectivity index is 2.16. The summed E-state index contributed by atoms with van der Waals surface area (Å²) in [6, 6.07) is 0. The van der Waals surface area contributed by atoms with E-state index in [1.807, 2.05) is 6.92 Å². The Morgan fingerprint density at radius 3 is 2.47 bits per heavy atom. The number of nitrogens with zero attached hydrogens (tertiary/aromatic N) is 3. The molecule has 0 saturated carbocycles. The minimum absolute atomic E-state index is 0.0833. The van der Waals surface area contributed by atoms with Crippen LogP contribution in [-0.4, -0.2) is 33.7 Å². The normalized spacial score (nSPS) is 25.5. The van der Waals surface area contributed by atoms with E-state index in [1.165, 1.54) is 0 Å². The summed E-state index contributed by atoms with van der Waals surface area (Å²) in [7, 11) is 0. The first-order valence-corrected chi connectivity index (χ1v) is 5.26. The number of nitrogens with one attached hydrogen (secondary N) is 1. The van der Waals surface area contributed by atoms with Gasteiger partial charge in [-0.1, -0.05) is 0 Å². The van der Waals surface area contributed by atoms with Crippen molar-refractivity contribution in [1.29, 1.82) is 0 Å². The highest BCUT2D eigenvalue weighted by Crippen LogP contribution is 2.22. The molecular weight excluding hydrogens is 239 g/mol. The summed E-state index contributed by atoms with van der Waals surface area (Å²) >= 11 is 11.3. The zero-order chi connectivity index (χ0) is 10.9. The van der Waals surface area contributed by atoms with E-state index < -0.39 is 0 Å². The standard InChI is InChI=1S/C8H10Cl2N4O/c1-8(2-3-15-4-8)14-7-12-5(9)11-6(10)13-7/h2-4H2,1H3,(H,11,12,13,14). The fraction of sp³-hybridized carbons (Fsp3) is 0.625. The SMILES string of the molecule is CC1(Nc2nc(Cl)nc(Cl)n2)CCOC1. The van der Waals surface area contributed by atoms with Crippen molar-refractivity contribution in [3.63, 3.8) is 0 Å². The molecule has 2 heterocycles. The zero-order valence-corrected chi connectivity index (χ0v) is 9.64. The predicted octanol–water partition coefficient (Wildman–Crippen LogP) is 1.77. The summed E-state index contributed by atoms with van der Waals surface area (Å²) in [5.74, 6) is 0.382. The minimum atomic E-state index is -0.159.